The number of benzene rings is 1. The Kier molecular flexibility index (Phi) is 5.33. The quantitative estimate of drug-likeness (QED) is 0.859. The third-order valence-corrected chi connectivity index (χ3v) is 3.68. The summed E-state index contributed by atoms with van der Waals surface area (Å²) >= 11 is 0. The normalized spacial score (nSPS) is 14.9. The van der Waals surface area contributed by atoms with E-state index in [2.05, 4.69) is 5.32 Å². The van der Waals surface area contributed by atoms with Gasteiger partial charge in [-0.25, -0.2) is 0 Å². The molecule has 0 aliphatic carbocycles. The Bertz CT molecular complexity index is 522. The summed E-state index contributed by atoms with van der Waals surface area (Å²) in [5.41, 5.74) is 2.93. The highest BCUT2D eigenvalue weighted by Crippen LogP contribution is 2.21. The zero-order valence-corrected chi connectivity index (χ0v) is 12.6. The number of hydrogen-bond donors (Lipinski definition) is 1. The van der Waals surface area contributed by atoms with Crippen LogP contribution in [0.25, 0.3) is 0 Å². The average Bonchev–Trinajstić information content (AvgIpc) is 2.50. The zero-order valence-electron chi connectivity index (χ0n) is 12.6. The van der Waals surface area contributed by atoms with Crippen molar-refractivity contribution in [1.29, 1.82) is 0 Å². The molecule has 1 aliphatic heterocycles. The molecule has 0 atom stereocenters. The fourth-order valence-corrected chi connectivity index (χ4v) is 2.45. The first kappa shape index (κ1) is 15.5. The van der Waals surface area contributed by atoms with Crippen LogP contribution < -0.4 is 5.32 Å². The van der Waals surface area contributed by atoms with E-state index < -0.39 is 0 Å². The van der Waals surface area contributed by atoms with Gasteiger partial charge in [-0.15, -0.1) is 0 Å². The number of anilines is 1. The molecule has 5 nitrogen and oxygen atoms in total. The molecule has 21 heavy (non-hydrogen) atoms. The third-order valence-electron chi connectivity index (χ3n) is 3.68. The number of carbonyl (C=O) groups excluding carboxylic acids is 2. The molecule has 0 unspecified atom stereocenters. The van der Waals surface area contributed by atoms with Gasteiger partial charge in [0, 0.05) is 18.8 Å². The highest BCUT2D eigenvalue weighted by molar-refractivity contribution is 6.04. The lowest BCUT2D eigenvalue weighted by Gasteiger charge is -2.26. The lowest BCUT2D eigenvalue weighted by molar-refractivity contribution is -0.138. The molecular formula is C16H22N2O3. The lowest BCUT2D eigenvalue weighted by atomic mass is 10.1. The van der Waals surface area contributed by atoms with Crippen LogP contribution in [0.3, 0.4) is 0 Å². The summed E-state index contributed by atoms with van der Waals surface area (Å²) in [7, 11) is 0. The van der Waals surface area contributed by atoms with Crippen LogP contribution in [0.4, 0.5) is 5.69 Å². The topological polar surface area (TPSA) is 58.6 Å². The highest BCUT2D eigenvalue weighted by atomic mass is 16.5. The van der Waals surface area contributed by atoms with E-state index in [9.17, 15) is 9.59 Å². The van der Waals surface area contributed by atoms with Crippen molar-refractivity contribution in [2.45, 2.75) is 26.7 Å². The van der Waals surface area contributed by atoms with Crippen molar-refractivity contribution in [3.8, 4) is 0 Å². The first-order chi connectivity index (χ1) is 10.1. The molecule has 1 saturated heterocycles. The van der Waals surface area contributed by atoms with Crippen molar-refractivity contribution in [3.05, 3.63) is 29.3 Å². The van der Waals surface area contributed by atoms with Crippen LogP contribution in [0.2, 0.25) is 0 Å². The molecule has 114 valence electrons. The van der Waals surface area contributed by atoms with Crippen LogP contribution in [-0.4, -0.2) is 43.0 Å². The number of hydrogen-bond acceptors (Lipinski definition) is 3. The average molecular weight is 290 g/mol. The third kappa shape index (κ3) is 4.04. The van der Waals surface area contributed by atoms with Gasteiger partial charge in [-0.2, -0.15) is 0 Å². The van der Waals surface area contributed by atoms with Crippen molar-refractivity contribution in [2.75, 3.05) is 31.6 Å². The van der Waals surface area contributed by atoms with Gasteiger partial charge in [0.05, 0.1) is 13.2 Å². The first-order valence-electron chi connectivity index (χ1n) is 7.35. The van der Waals surface area contributed by atoms with Gasteiger partial charge in [-0.05, 0) is 24.5 Å². The number of para-hydroxylation sites is 1. The molecule has 1 N–H and O–H groups in total. The summed E-state index contributed by atoms with van der Waals surface area (Å²) in [6, 6.07) is 5.92. The van der Waals surface area contributed by atoms with Crippen molar-refractivity contribution in [2.24, 2.45) is 0 Å². The van der Waals surface area contributed by atoms with E-state index in [1.807, 2.05) is 32.0 Å². The number of ether oxygens (including phenoxy) is 1. The Morgan fingerprint density at radius 2 is 2.00 bits per heavy atom. The molecule has 1 aliphatic rings. The predicted octanol–water partition coefficient (Wildman–Crippen LogP) is 1.74. The Labute approximate surface area is 125 Å². The molecule has 1 heterocycles. The second kappa shape index (κ2) is 7.22. The number of carbonyl (C=O) groups is 2. The summed E-state index contributed by atoms with van der Waals surface area (Å²) in [6.45, 7) is 6.23. The molecule has 0 saturated carbocycles. The zero-order chi connectivity index (χ0) is 15.2. The molecular weight excluding hydrogens is 268 g/mol. The summed E-state index contributed by atoms with van der Waals surface area (Å²) in [5, 5.41) is 2.88. The van der Waals surface area contributed by atoms with E-state index in [1.54, 1.807) is 4.90 Å². The van der Waals surface area contributed by atoms with E-state index >= 15 is 0 Å². The fourth-order valence-electron chi connectivity index (χ4n) is 2.45. The number of rotatable bonds is 4. The van der Waals surface area contributed by atoms with Gasteiger partial charge >= 0.3 is 0 Å². The van der Waals surface area contributed by atoms with Crippen molar-refractivity contribution < 1.29 is 14.3 Å². The maximum Gasteiger partial charge on any atom is 0.233 e. The van der Waals surface area contributed by atoms with Gasteiger partial charge < -0.3 is 15.0 Å². The largest absolute Gasteiger partial charge is 0.378 e. The lowest BCUT2D eigenvalue weighted by Crippen LogP contribution is -2.42. The molecule has 0 spiro atoms. The Hall–Kier alpha value is -1.88. The van der Waals surface area contributed by atoms with E-state index in [1.165, 1.54) is 0 Å². The van der Waals surface area contributed by atoms with Crippen LogP contribution >= 0.6 is 0 Å². The molecule has 2 amide bonds. The summed E-state index contributed by atoms with van der Waals surface area (Å²) < 4.78 is 5.20. The first-order valence-corrected chi connectivity index (χ1v) is 7.35. The number of nitrogens with one attached hydrogen (secondary N) is 1. The SMILES string of the molecule is CCc1cccc(C)c1NC(=O)CC(=O)N1CCOCC1. The van der Waals surface area contributed by atoms with E-state index in [0.717, 1.165) is 23.2 Å². The summed E-state index contributed by atoms with van der Waals surface area (Å²) in [4.78, 5) is 25.8. The minimum Gasteiger partial charge on any atom is -0.378 e. The van der Waals surface area contributed by atoms with Crippen LogP contribution in [-0.2, 0) is 20.7 Å². The van der Waals surface area contributed by atoms with Crippen LogP contribution in [0.5, 0.6) is 0 Å². The number of amides is 2. The van der Waals surface area contributed by atoms with Crippen LogP contribution in [0.15, 0.2) is 18.2 Å². The van der Waals surface area contributed by atoms with Crippen molar-refractivity contribution in [1.82, 2.24) is 4.90 Å². The molecule has 1 fully saturated rings. The summed E-state index contributed by atoms with van der Waals surface area (Å²) in [5.74, 6) is -0.391. The molecule has 5 heteroatoms. The Morgan fingerprint density at radius 1 is 1.29 bits per heavy atom. The molecule has 0 bridgehead atoms. The molecule has 1 aromatic rings. The van der Waals surface area contributed by atoms with Gasteiger partial charge in [0.1, 0.15) is 6.42 Å². The fraction of sp³-hybridized carbons (Fsp3) is 0.500. The van der Waals surface area contributed by atoms with Crippen molar-refractivity contribution >= 4 is 17.5 Å². The highest BCUT2D eigenvalue weighted by Gasteiger charge is 2.20. The number of morpholine rings is 1. The van der Waals surface area contributed by atoms with Gasteiger partial charge in [0.15, 0.2) is 0 Å². The van der Waals surface area contributed by atoms with Crippen molar-refractivity contribution in [3.63, 3.8) is 0 Å². The monoisotopic (exact) mass is 290 g/mol. The van der Waals surface area contributed by atoms with Gasteiger partial charge in [-0.1, -0.05) is 25.1 Å². The maximum atomic E-state index is 12.1. The van der Waals surface area contributed by atoms with Gasteiger partial charge in [0.25, 0.3) is 0 Å². The second-order valence-electron chi connectivity index (χ2n) is 5.18. The minimum absolute atomic E-state index is 0.114. The predicted molar refractivity (Wildman–Crippen MR) is 81.2 cm³/mol. The van der Waals surface area contributed by atoms with Crippen LogP contribution in [0.1, 0.15) is 24.5 Å². The van der Waals surface area contributed by atoms with Crippen LogP contribution in [0, 0.1) is 6.92 Å². The molecule has 0 aromatic heterocycles. The van der Waals surface area contributed by atoms with E-state index in [0.29, 0.717) is 26.3 Å². The van der Waals surface area contributed by atoms with Gasteiger partial charge in [-0.3, -0.25) is 9.59 Å². The molecule has 0 radical (unpaired) electrons. The minimum atomic E-state index is -0.254. The number of aryl methyl sites for hydroxylation is 2. The number of nitrogens with zero attached hydrogens (tertiary/aromatic N) is 1. The van der Waals surface area contributed by atoms with Gasteiger partial charge in [0.2, 0.25) is 11.8 Å². The smallest absolute Gasteiger partial charge is 0.233 e. The standard InChI is InChI=1S/C16H22N2O3/c1-3-13-6-4-5-12(2)16(13)17-14(19)11-15(20)18-7-9-21-10-8-18/h4-6H,3,7-11H2,1-2H3,(H,17,19). The molecule has 2 rings (SSSR count). The summed E-state index contributed by atoms with van der Waals surface area (Å²) in [6.07, 6.45) is 0.728. The second-order valence-corrected chi connectivity index (χ2v) is 5.18. The Morgan fingerprint density at radius 3 is 2.67 bits per heavy atom. The molecule has 1 aromatic carbocycles. The Balaban J connectivity index is 1.97. The van der Waals surface area contributed by atoms with E-state index in [4.69, 9.17) is 4.74 Å². The van der Waals surface area contributed by atoms with E-state index in [-0.39, 0.29) is 18.2 Å². The maximum absolute atomic E-state index is 12.1.